The molecule has 5 nitrogen and oxygen atoms in total. The van der Waals surface area contributed by atoms with E-state index in [1.54, 1.807) is 12.1 Å². The molecule has 1 atom stereocenters. The number of nitro groups is 1. The lowest BCUT2D eigenvalue weighted by Crippen LogP contribution is -2.18. The number of aryl methyl sites for hydroxylation is 1. The first-order chi connectivity index (χ1) is 13.1. The Bertz CT molecular complexity index is 980. The smallest absolute Gasteiger partial charge is 0.258 e. The molecule has 0 aromatic heterocycles. The van der Waals surface area contributed by atoms with Crippen LogP contribution in [-0.2, 0) is 0 Å². The molecule has 0 amide bonds. The predicted molar refractivity (Wildman–Crippen MR) is 107 cm³/mol. The van der Waals surface area contributed by atoms with Crippen molar-refractivity contribution < 1.29 is 4.92 Å². The summed E-state index contributed by atoms with van der Waals surface area (Å²) in [5, 5.41) is 17.8. The second kappa shape index (κ2) is 7.03. The molecule has 4 rings (SSSR count). The Hall–Kier alpha value is -3.47. The third-order valence-electron chi connectivity index (χ3n) is 4.80. The fraction of sp³-hybridized carbons (Fsp3) is 0.136. The van der Waals surface area contributed by atoms with Crippen LogP contribution >= 0.6 is 0 Å². The number of hydrogen-bond donors (Lipinski definition) is 0. The van der Waals surface area contributed by atoms with E-state index in [9.17, 15) is 10.1 Å². The Kier molecular flexibility index (Phi) is 4.42. The van der Waals surface area contributed by atoms with Crippen LogP contribution in [0.25, 0.3) is 0 Å². The van der Waals surface area contributed by atoms with Gasteiger partial charge in [-0.15, -0.1) is 0 Å². The molecule has 134 valence electrons. The largest absolute Gasteiger partial charge is 0.269 e. The van der Waals surface area contributed by atoms with E-state index in [0.717, 1.165) is 23.4 Å². The highest BCUT2D eigenvalue weighted by Gasteiger charge is 2.30. The van der Waals surface area contributed by atoms with Crippen molar-refractivity contribution in [2.75, 3.05) is 5.01 Å². The van der Waals surface area contributed by atoms with E-state index in [1.807, 2.05) is 23.2 Å². The van der Waals surface area contributed by atoms with Gasteiger partial charge in [-0.25, -0.2) is 0 Å². The number of nitro benzene ring substituents is 1. The van der Waals surface area contributed by atoms with Gasteiger partial charge in [0.15, 0.2) is 0 Å². The fourth-order valence-corrected chi connectivity index (χ4v) is 3.33. The molecule has 0 aliphatic carbocycles. The molecular weight excluding hydrogens is 338 g/mol. The molecule has 27 heavy (non-hydrogen) atoms. The van der Waals surface area contributed by atoms with Crippen molar-refractivity contribution in [2.45, 2.75) is 19.4 Å². The molecule has 0 saturated carbocycles. The maximum absolute atomic E-state index is 10.9. The molecule has 0 saturated heterocycles. The summed E-state index contributed by atoms with van der Waals surface area (Å²) in [6.07, 6.45) is 0.782. The van der Waals surface area contributed by atoms with E-state index in [-0.39, 0.29) is 16.7 Å². The highest BCUT2D eigenvalue weighted by Crippen LogP contribution is 2.37. The lowest BCUT2D eigenvalue weighted by atomic mass is 9.98. The Labute approximate surface area is 157 Å². The summed E-state index contributed by atoms with van der Waals surface area (Å²) >= 11 is 0. The van der Waals surface area contributed by atoms with Gasteiger partial charge in [-0.2, -0.15) is 5.10 Å². The van der Waals surface area contributed by atoms with Crippen LogP contribution in [0.1, 0.15) is 29.2 Å². The summed E-state index contributed by atoms with van der Waals surface area (Å²) in [5.74, 6) is 0. The van der Waals surface area contributed by atoms with Crippen LogP contribution in [0.15, 0.2) is 84.0 Å². The van der Waals surface area contributed by atoms with Gasteiger partial charge in [0.1, 0.15) is 0 Å². The van der Waals surface area contributed by atoms with Crippen LogP contribution < -0.4 is 5.01 Å². The first kappa shape index (κ1) is 17.0. The van der Waals surface area contributed by atoms with Crippen LogP contribution in [0.2, 0.25) is 0 Å². The van der Waals surface area contributed by atoms with Crippen molar-refractivity contribution in [3.8, 4) is 0 Å². The molecular formula is C22H19N3O2. The van der Waals surface area contributed by atoms with E-state index >= 15 is 0 Å². The highest BCUT2D eigenvalue weighted by atomic mass is 16.6. The summed E-state index contributed by atoms with van der Waals surface area (Å²) in [6, 6.07) is 25.2. The van der Waals surface area contributed by atoms with Crippen LogP contribution in [0.5, 0.6) is 0 Å². The van der Waals surface area contributed by atoms with Crippen LogP contribution in [0.3, 0.4) is 0 Å². The molecule has 0 unspecified atom stereocenters. The van der Waals surface area contributed by atoms with Gasteiger partial charge in [-0.1, -0.05) is 60.2 Å². The molecule has 1 aliphatic rings. The zero-order valence-electron chi connectivity index (χ0n) is 14.9. The molecule has 1 aliphatic heterocycles. The van der Waals surface area contributed by atoms with E-state index in [2.05, 4.69) is 43.3 Å². The number of anilines is 1. The summed E-state index contributed by atoms with van der Waals surface area (Å²) < 4.78 is 0. The number of nitrogens with zero attached hydrogens (tertiary/aromatic N) is 3. The number of non-ortho nitro benzene ring substituents is 1. The Morgan fingerprint density at radius 1 is 0.963 bits per heavy atom. The Morgan fingerprint density at radius 2 is 1.63 bits per heavy atom. The second-order valence-electron chi connectivity index (χ2n) is 6.66. The summed E-state index contributed by atoms with van der Waals surface area (Å²) in [5.41, 5.74) is 5.42. The van der Waals surface area contributed by atoms with Gasteiger partial charge in [0, 0.05) is 18.6 Å². The number of rotatable bonds is 4. The minimum absolute atomic E-state index is 0.0592. The fourth-order valence-electron chi connectivity index (χ4n) is 3.33. The zero-order valence-corrected chi connectivity index (χ0v) is 14.9. The first-order valence-corrected chi connectivity index (χ1v) is 8.85. The van der Waals surface area contributed by atoms with Crippen molar-refractivity contribution in [2.24, 2.45) is 5.10 Å². The topological polar surface area (TPSA) is 58.7 Å². The van der Waals surface area contributed by atoms with Crippen molar-refractivity contribution in [3.05, 3.63) is 106 Å². The molecule has 1 heterocycles. The SMILES string of the molecule is Cc1ccc(C2=NN(c3ccc([N+](=O)[O-])cc3)[C@@H](c3ccccc3)C2)cc1. The maximum atomic E-state index is 10.9. The van der Waals surface area contributed by atoms with E-state index in [0.29, 0.717) is 0 Å². The summed E-state index contributed by atoms with van der Waals surface area (Å²) in [7, 11) is 0. The molecule has 5 heteroatoms. The van der Waals surface area contributed by atoms with Crippen LogP contribution in [0.4, 0.5) is 11.4 Å². The van der Waals surface area contributed by atoms with Gasteiger partial charge < -0.3 is 0 Å². The van der Waals surface area contributed by atoms with E-state index in [1.165, 1.54) is 23.3 Å². The number of hydrogen-bond acceptors (Lipinski definition) is 4. The van der Waals surface area contributed by atoms with E-state index < -0.39 is 0 Å². The normalized spacial score (nSPS) is 16.3. The Morgan fingerprint density at radius 3 is 2.26 bits per heavy atom. The van der Waals surface area contributed by atoms with Crippen molar-refractivity contribution in [1.82, 2.24) is 0 Å². The van der Waals surface area contributed by atoms with Crippen molar-refractivity contribution >= 4 is 17.1 Å². The summed E-state index contributed by atoms with van der Waals surface area (Å²) in [4.78, 5) is 10.6. The average Bonchev–Trinajstić information content (AvgIpc) is 3.15. The van der Waals surface area contributed by atoms with Crippen LogP contribution in [-0.4, -0.2) is 10.6 Å². The molecule has 0 radical (unpaired) electrons. The van der Waals surface area contributed by atoms with Crippen molar-refractivity contribution in [1.29, 1.82) is 0 Å². The van der Waals surface area contributed by atoms with Gasteiger partial charge in [0.05, 0.1) is 22.4 Å². The van der Waals surface area contributed by atoms with Gasteiger partial charge in [0.2, 0.25) is 0 Å². The lowest BCUT2D eigenvalue weighted by molar-refractivity contribution is -0.384. The third kappa shape index (κ3) is 3.44. The highest BCUT2D eigenvalue weighted by molar-refractivity contribution is 6.03. The predicted octanol–water partition coefficient (Wildman–Crippen LogP) is 5.26. The molecule has 0 spiro atoms. The maximum Gasteiger partial charge on any atom is 0.269 e. The number of hydrazone groups is 1. The lowest BCUT2D eigenvalue weighted by Gasteiger charge is -2.23. The molecule has 0 fully saturated rings. The zero-order chi connectivity index (χ0) is 18.8. The van der Waals surface area contributed by atoms with Gasteiger partial charge >= 0.3 is 0 Å². The first-order valence-electron chi connectivity index (χ1n) is 8.85. The second-order valence-corrected chi connectivity index (χ2v) is 6.66. The molecule has 0 bridgehead atoms. The van der Waals surface area contributed by atoms with Gasteiger partial charge in [-0.3, -0.25) is 15.1 Å². The van der Waals surface area contributed by atoms with Gasteiger partial charge in [0.25, 0.3) is 5.69 Å². The molecule has 3 aromatic rings. The monoisotopic (exact) mass is 357 g/mol. The standard InChI is InChI=1S/C22H19N3O2/c1-16-7-9-17(10-8-16)21-15-22(18-5-3-2-4-6-18)24(23-21)19-11-13-20(14-12-19)25(26)27/h2-14,22H,15H2,1H3/t22-/m1/s1. The molecule has 0 N–H and O–H groups in total. The quantitative estimate of drug-likeness (QED) is 0.473. The Balaban J connectivity index is 1.73. The third-order valence-corrected chi connectivity index (χ3v) is 4.80. The number of benzene rings is 3. The minimum atomic E-state index is -0.385. The van der Waals surface area contributed by atoms with Crippen LogP contribution in [0, 0.1) is 17.0 Å². The molecule has 3 aromatic carbocycles. The van der Waals surface area contributed by atoms with E-state index in [4.69, 9.17) is 5.10 Å². The van der Waals surface area contributed by atoms with Gasteiger partial charge in [-0.05, 0) is 30.2 Å². The average molecular weight is 357 g/mol. The minimum Gasteiger partial charge on any atom is -0.258 e. The van der Waals surface area contributed by atoms with Crippen molar-refractivity contribution in [3.63, 3.8) is 0 Å². The summed E-state index contributed by atoms with van der Waals surface area (Å²) in [6.45, 7) is 2.07.